The van der Waals surface area contributed by atoms with E-state index >= 15 is 0 Å². The summed E-state index contributed by atoms with van der Waals surface area (Å²) < 4.78 is 5.61. The van der Waals surface area contributed by atoms with E-state index < -0.39 is 0 Å². The molecule has 1 unspecified atom stereocenters. The minimum atomic E-state index is 0.0172. The van der Waals surface area contributed by atoms with Crippen molar-refractivity contribution in [2.24, 2.45) is 13.0 Å². The smallest absolute Gasteiger partial charge is 0.149 e. The summed E-state index contributed by atoms with van der Waals surface area (Å²) in [6.45, 7) is 0. The first-order valence-corrected chi connectivity index (χ1v) is 8.57. The highest BCUT2D eigenvalue weighted by atomic mass is 15.3. The summed E-state index contributed by atoms with van der Waals surface area (Å²) in [5, 5.41) is 8.75. The van der Waals surface area contributed by atoms with E-state index in [0.29, 0.717) is 5.92 Å². The molecule has 0 bridgehead atoms. The number of nitrogens with zero attached hydrogens (tertiary/aromatic N) is 7. The third-order valence-electron chi connectivity index (χ3n) is 4.77. The maximum Gasteiger partial charge on any atom is 0.149 e. The summed E-state index contributed by atoms with van der Waals surface area (Å²) in [5.41, 5.74) is 3.53. The number of hydrogen-bond acceptors (Lipinski definition) is 4. The number of imidazole rings is 1. The molecule has 1 aliphatic carbocycles. The van der Waals surface area contributed by atoms with E-state index in [1.165, 1.54) is 12.8 Å². The van der Waals surface area contributed by atoms with Crippen molar-refractivity contribution in [3.8, 4) is 35.0 Å². The number of fused-ring (bicyclic) bond motifs is 1. The third-order valence-corrected chi connectivity index (χ3v) is 4.77. The zero-order valence-electron chi connectivity index (χ0n) is 14.3. The van der Waals surface area contributed by atoms with E-state index in [0.717, 1.165) is 28.3 Å². The molecule has 4 aromatic heterocycles. The molecule has 0 amide bonds. The second kappa shape index (κ2) is 5.56. The van der Waals surface area contributed by atoms with Crippen LogP contribution in [0.15, 0.2) is 43.2 Å². The van der Waals surface area contributed by atoms with Crippen LogP contribution < -0.4 is 0 Å². The van der Waals surface area contributed by atoms with Crippen molar-refractivity contribution in [1.29, 1.82) is 0 Å². The van der Waals surface area contributed by atoms with Crippen molar-refractivity contribution in [3.63, 3.8) is 0 Å². The van der Waals surface area contributed by atoms with Crippen molar-refractivity contribution < 1.29 is 0 Å². The molecule has 7 nitrogen and oxygen atoms in total. The number of aryl methyl sites for hydroxylation is 1. The van der Waals surface area contributed by atoms with Gasteiger partial charge in [-0.15, -0.1) is 6.42 Å². The molecular weight excluding hydrogens is 326 g/mol. The molecule has 4 heterocycles. The van der Waals surface area contributed by atoms with Crippen LogP contribution in [0.4, 0.5) is 0 Å². The first-order chi connectivity index (χ1) is 12.7. The quantitative estimate of drug-likeness (QED) is 0.534. The average Bonchev–Trinajstić information content (AvgIpc) is 3.04. The van der Waals surface area contributed by atoms with Gasteiger partial charge in [0.05, 0.1) is 23.7 Å². The Bertz CT molecular complexity index is 1140. The predicted molar refractivity (Wildman–Crippen MR) is 97.0 cm³/mol. The van der Waals surface area contributed by atoms with Crippen LogP contribution in [0.1, 0.15) is 18.9 Å². The maximum absolute atomic E-state index is 5.72. The van der Waals surface area contributed by atoms with Gasteiger partial charge in [-0.3, -0.25) is 13.8 Å². The van der Waals surface area contributed by atoms with Gasteiger partial charge < -0.3 is 0 Å². The second-order valence-electron chi connectivity index (χ2n) is 6.68. The summed E-state index contributed by atoms with van der Waals surface area (Å²) in [6, 6.07) is 1.97. The first-order valence-electron chi connectivity index (χ1n) is 8.57. The highest BCUT2D eigenvalue weighted by Crippen LogP contribution is 2.39. The molecule has 1 saturated carbocycles. The Hall–Kier alpha value is -3.40. The number of rotatable bonds is 4. The highest BCUT2D eigenvalue weighted by molar-refractivity contribution is 5.68. The Labute approximate surface area is 150 Å². The topological polar surface area (TPSA) is 65.8 Å². The maximum atomic E-state index is 5.72. The Morgan fingerprint density at radius 3 is 2.77 bits per heavy atom. The van der Waals surface area contributed by atoms with Crippen molar-refractivity contribution >= 4 is 5.65 Å². The van der Waals surface area contributed by atoms with E-state index in [-0.39, 0.29) is 6.04 Å². The number of aromatic nitrogens is 7. The molecule has 1 fully saturated rings. The van der Waals surface area contributed by atoms with Crippen LogP contribution >= 0.6 is 0 Å². The van der Waals surface area contributed by atoms with E-state index in [2.05, 4.69) is 21.1 Å². The summed E-state index contributed by atoms with van der Waals surface area (Å²) in [5.74, 6) is 4.19. The monoisotopic (exact) mass is 343 g/mol. The van der Waals surface area contributed by atoms with Gasteiger partial charge in [0, 0.05) is 43.5 Å². The van der Waals surface area contributed by atoms with Crippen molar-refractivity contribution in [2.45, 2.75) is 18.9 Å². The van der Waals surface area contributed by atoms with Crippen LogP contribution in [-0.4, -0.2) is 33.9 Å². The molecule has 1 atom stereocenters. The van der Waals surface area contributed by atoms with Crippen LogP contribution in [0.25, 0.3) is 28.3 Å². The molecule has 0 aromatic carbocycles. The number of terminal acetylenes is 1. The van der Waals surface area contributed by atoms with Gasteiger partial charge in [0.15, 0.2) is 0 Å². The molecule has 0 aliphatic heterocycles. The molecule has 7 heteroatoms. The van der Waals surface area contributed by atoms with E-state index in [1.54, 1.807) is 17.1 Å². The lowest BCUT2D eigenvalue weighted by molar-refractivity contribution is 0.501. The van der Waals surface area contributed by atoms with Gasteiger partial charge in [-0.25, -0.2) is 9.97 Å². The lowest BCUT2D eigenvalue weighted by Gasteiger charge is -2.09. The third kappa shape index (κ3) is 2.39. The van der Waals surface area contributed by atoms with E-state index in [4.69, 9.17) is 11.4 Å². The van der Waals surface area contributed by atoms with Gasteiger partial charge in [-0.1, -0.05) is 5.92 Å². The van der Waals surface area contributed by atoms with E-state index in [1.807, 2.05) is 47.0 Å². The molecule has 0 N–H and O–H groups in total. The molecule has 26 heavy (non-hydrogen) atoms. The highest BCUT2D eigenvalue weighted by Gasteiger charge is 2.32. The van der Waals surface area contributed by atoms with Crippen molar-refractivity contribution in [1.82, 2.24) is 33.9 Å². The van der Waals surface area contributed by atoms with Crippen LogP contribution in [0.3, 0.4) is 0 Å². The largest absolute Gasteiger partial charge is 0.284 e. The Morgan fingerprint density at radius 2 is 2.04 bits per heavy atom. The van der Waals surface area contributed by atoms with E-state index in [9.17, 15) is 0 Å². The summed E-state index contributed by atoms with van der Waals surface area (Å²) >= 11 is 0. The second-order valence-corrected chi connectivity index (χ2v) is 6.68. The van der Waals surface area contributed by atoms with Crippen LogP contribution in [0.2, 0.25) is 0 Å². The van der Waals surface area contributed by atoms with Gasteiger partial charge >= 0.3 is 0 Å². The van der Waals surface area contributed by atoms with Gasteiger partial charge in [-0.2, -0.15) is 10.2 Å². The minimum absolute atomic E-state index is 0.0172. The average molecular weight is 343 g/mol. The fourth-order valence-corrected chi connectivity index (χ4v) is 3.27. The predicted octanol–water partition coefficient (Wildman–Crippen LogP) is 2.58. The zero-order chi connectivity index (χ0) is 17.7. The Balaban J connectivity index is 1.63. The van der Waals surface area contributed by atoms with Gasteiger partial charge in [0.1, 0.15) is 17.5 Å². The standard InChI is InChI=1S/C19H17N7/c1-3-17(13-4-5-13)26-12-15(10-22-26)19-23-16(14-9-21-24(2)11-14)8-18-20-6-7-25(18)19/h1,6-13,17H,4-5H2,2H3. The zero-order valence-corrected chi connectivity index (χ0v) is 14.3. The van der Waals surface area contributed by atoms with Gasteiger partial charge in [-0.05, 0) is 18.8 Å². The molecule has 0 saturated heterocycles. The van der Waals surface area contributed by atoms with Gasteiger partial charge in [0.2, 0.25) is 0 Å². The van der Waals surface area contributed by atoms with Crippen LogP contribution in [-0.2, 0) is 7.05 Å². The number of hydrogen-bond donors (Lipinski definition) is 0. The molecule has 4 aromatic rings. The van der Waals surface area contributed by atoms with Crippen molar-refractivity contribution in [3.05, 3.63) is 43.2 Å². The molecular formula is C19H17N7. The fraction of sp³-hybridized carbons (Fsp3) is 0.263. The summed E-state index contributed by atoms with van der Waals surface area (Å²) in [6.07, 6.45) is 19.3. The minimum Gasteiger partial charge on any atom is -0.284 e. The lowest BCUT2D eigenvalue weighted by Crippen LogP contribution is -2.09. The van der Waals surface area contributed by atoms with Gasteiger partial charge in [0.25, 0.3) is 0 Å². The normalized spacial score (nSPS) is 15.2. The first kappa shape index (κ1) is 14.9. The molecule has 0 radical (unpaired) electrons. The Kier molecular flexibility index (Phi) is 3.19. The van der Waals surface area contributed by atoms with Crippen LogP contribution in [0.5, 0.6) is 0 Å². The fourth-order valence-electron chi connectivity index (χ4n) is 3.27. The lowest BCUT2D eigenvalue weighted by atomic mass is 10.2. The molecule has 0 spiro atoms. The molecule has 1 aliphatic rings. The molecule has 128 valence electrons. The summed E-state index contributed by atoms with van der Waals surface area (Å²) in [7, 11) is 1.89. The van der Waals surface area contributed by atoms with Crippen LogP contribution in [0, 0.1) is 18.3 Å². The SMILES string of the molecule is C#CC(C1CC1)n1cc(-c2nc(-c3cnn(C)c3)cc3nccn23)cn1. The Morgan fingerprint density at radius 1 is 1.19 bits per heavy atom. The summed E-state index contributed by atoms with van der Waals surface area (Å²) in [4.78, 5) is 9.28. The van der Waals surface area contributed by atoms with Crippen molar-refractivity contribution in [2.75, 3.05) is 0 Å². The molecule has 5 rings (SSSR count).